The lowest BCUT2D eigenvalue weighted by Gasteiger charge is -2.03. The third kappa shape index (κ3) is 2.48. The first-order valence-electron chi connectivity index (χ1n) is 7.28. The number of nitrogens with two attached hydrogens (primary N) is 1. The average Bonchev–Trinajstić information content (AvgIpc) is 3.19. The van der Waals surface area contributed by atoms with E-state index < -0.39 is 0 Å². The first-order valence-corrected chi connectivity index (χ1v) is 8.07. The highest BCUT2D eigenvalue weighted by molar-refractivity contribution is 9.10. The van der Waals surface area contributed by atoms with Crippen LogP contribution in [0.3, 0.4) is 0 Å². The van der Waals surface area contributed by atoms with Gasteiger partial charge in [0.15, 0.2) is 0 Å². The van der Waals surface area contributed by atoms with Gasteiger partial charge >= 0.3 is 0 Å². The molecule has 0 atom stereocenters. The molecule has 3 N–H and O–H groups in total. The summed E-state index contributed by atoms with van der Waals surface area (Å²) in [6, 6.07) is 16.1. The Labute approximate surface area is 141 Å². The predicted octanol–water partition coefficient (Wildman–Crippen LogP) is 4.71. The van der Waals surface area contributed by atoms with Crippen molar-refractivity contribution in [3.63, 3.8) is 0 Å². The monoisotopic (exact) mass is 367 g/mol. The summed E-state index contributed by atoms with van der Waals surface area (Å²) in [5.74, 6) is 1.55. The van der Waals surface area contributed by atoms with Crippen molar-refractivity contribution in [3.8, 4) is 22.6 Å². The Morgan fingerprint density at radius 2 is 1.96 bits per heavy atom. The molecule has 3 heterocycles. The lowest BCUT2D eigenvalue weighted by Crippen LogP contribution is -1.92. The number of nitrogens with one attached hydrogen (secondary N) is 1. The highest BCUT2D eigenvalue weighted by atomic mass is 79.9. The summed E-state index contributed by atoms with van der Waals surface area (Å²) in [5, 5.41) is 1.01. The van der Waals surface area contributed by atoms with Crippen molar-refractivity contribution in [3.05, 3.63) is 65.0 Å². The molecule has 0 aliphatic rings. The third-order valence-electron chi connectivity index (χ3n) is 3.79. The van der Waals surface area contributed by atoms with Crippen LogP contribution in [0.15, 0.2) is 63.6 Å². The molecule has 0 aliphatic heterocycles. The Kier molecular flexibility index (Phi) is 3.52. The van der Waals surface area contributed by atoms with Gasteiger partial charge in [0.1, 0.15) is 17.2 Å². The summed E-state index contributed by atoms with van der Waals surface area (Å²) in [7, 11) is 0. The van der Waals surface area contributed by atoms with Crippen LogP contribution in [0.4, 0.5) is 0 Å². The molecule has 114 valence electrons. The van der Waals surface area contributed by atoms with E-state index in [1.54, 1.807) is 6.20 Å². The average molecular weight is 368 g/mol. The summed E-state index contributed by atoms with van der Waals surface area (Å²) >= 11 is 3.50. The van der Waals surface area contributed by atoms with Gasteiger partial charge in [0.2, 0.25) is 0 Å². The SMILES string of the molecule is NCc1ccc(-c2c(-c3ccccc3)[nH]c3ncc(Br)cc23)o1. The topological polar surface area (TPSA) is 67.8 Å². The van der Waals surface area contributed by atoms with Crippen LogP contribution in [0.1, 0.15) is 5.76 Å². The molecule has 0 saturated carbocycles. The van der Waals surface area contributed by atoms with Crippen molar-refractivity contribution < 1.29 is 4.42 Å². The van der Waals surface area contributed by atoms with Crippen LogP contribution in [0, 0.1) is 0 Å². The number of fused-ring (bicyclic) bond motifs is 1. The lowest BCUT2D eigenvalue weighted by atomic mass is 10.0. The van der Waals surface area contributed by atoms with Crippen LogP contribution in [-0.2, 0) is 6.54 Å². The molecule has 0 amide bonds. The van der Waals surface area contributed by atoms with Crippen LogP contribution < -0.4 is 5.73 Å². The van der Waals surface area contributed by atoms with Crippen LogP contribution in [0.25, 0.3) is 33.6 Å². The molecule has 0 fully saturated rings. The van der Waals surface area contributed by atoms with Gasteiger partial charge in [-0.25, -0.2) is 4.98 Å². The Morgan fingerprint density at radius 3 is 2.70 bits per heavy atom. The Bertz CT molecular complexity index is 973. The number of benzene rings is 1. The van der Waals surface area contributed by atoms with E-state index in [-0.39, 0.29) is 0 Å². The number of aromatic nitrogens is 2. The van der Waals surface area contributed by atoms with Crippen molar-refractivity contribution >= 4 is 27.0 Å². The van der Waals surface area contributed by atoms with Crippen molar-refractivity contribution in [1.29, 1.82) is 0 Å². The van der Waals surface area contributed by atoms with E-state index >= 15 is 0 Å². The maximum atomic E-state index is 5.90. The van der Waals surface area contributed by atoms with Crippen molar-refractivity contribution in [2.45, 2.75) is 6.54 Å². The maximum Gasteiger partial charge on any atom is 0.138 e. The summed E-state index contributed by atoms with van der Waals surface area (Å²) in [6.45, 7) is 0.380. The second-order valence-electron chi connectivity index (χ2n) is 5.26. The molecule has 4 aromatic rings. The number of H-pyrrole nitrogens is 1. The van der Waals surface area contributed by atoms with Crippen molar-refractivity contribution in [2.24, 2.45) is 5.73 Å². The second kappa shape index (κ2) is 5.68. The zero-order valence-electron chi connectivity index (χ0n) is 12.2. The molecule has 0 saturated heterocycles. The molecule has 4 nitrogen and oxygen atoms in total. The highest BCUT2D eigenvalue weighted by Crippen LogP contribution is 2.39. The third-order valence-corrected chi connectivity index (χ3v) is 4.22. The van der Waals surface area contributed by atoms with Gasteiger partial charge in [0.25, 0.3) is 0 Å². The Balaban J connectivity index is 2.04. The number of furan rings is 1. The highest BCUT2D eigenvalue weighted by Gasteiger charge is 2.18. The van der Waals surface area contributed by atoms with Gasteiger partial charge in [0.05, 0.1) is 17.8 Å². The van der Waals surface area contributed by atoms with E-state index in [4.69, 9.17) is 10.2 Å². The molecule has 4 rings (SSSR count). The number of hydrogen-bond donors (Lipinski definition) is 2. The standard InChI is InChI=1S/C18H14BrN3O/c19-12-8-14-16(15-7-6-13(9-20)23-15)17(22-18(14)21-10-12)11-4-2-1-3-5-11/h1-8,10H,9,20H2,(H,21,22). The van der Waals surface area contributed by atoms with Gasteiger partial charge in [-0.1, -0.05) is 30.3 Å². The lowest BCUT2D eigenvalue weighted by molar-refractivity contribution is 0.526. The Hall–Kier alpha value is -2.37. The van der Waals surface area contributed by atoms with Gasteiger partial charge in [-0.15, -0.1) is 0 Å². The number of rotatable bonds is 3. The molecule has 23 heavy (non-hydrogen) atoms. The maximum absolute atomic E-state index is 5.90. The van der Waals surface area contributed by atoms with E-state index in [0.29, 0.717) is 6.54 Å². The van der Waals surface area contributed by atoms with E-state index in [0.717, 1.165) is 43.8 Å². The number of aromatic amines is 1. The quantitative estimate of drug-likeness (QED) is 0.550. The fourth-order valence-corrected chi connectivity index (χ4v) is 3.08. The summed E-state index contributed by atoms with van der Waals surface area (Å²) in [4.78, 5) is 7.88. The molecule has 0 radical (unpaired) electrons. The largest absolute Gasteiger partial charge is 0.460 e. The molecule has 5 heteroatoms. The summed E-state index contributed by atoms with van der Waals surface area (Å²) in [5.41, 5.74) is 9.58. The molecule has 0 unspecified atom stereocenters. The molecular formula is C18H14BrN3O. The van der Waals surface area contributed by atoms with Crippen molar-refractivity contribution in [1.82, 2.24) is 9.97 Å². The first kappa shape index (κ1) is 14.2. The van der Waals surface area contributed by atoms with Gasteiger partial charge in [-0.05, 0) is 39.7 Å². The summed E-state index contributed by atoms with van der Waals surface area (Å²) in [6.07, 6.45) is 1.78. The molecule has 0 bridgehead atoms. The van der Waals surface area contributed by atoms with E-state index in [1.807, 2.05) is 36.4 Å². The van der Waals surface area contributed by atoms with Crippen molar-refractivity contribution in [2.75, 3.05) is 0 Å². The van der Waals surface area contributed by atoms with Crippen LogP contribution in [0.5, 0.6) is 0 Å². The van der Waals surface area contributed by atoms with E-state index in [2.05, 4.69) is 38.0 Å². The fourth-order valence-electron chi connectivity index (χ4n) is 2.74. The van der Waals surface area contributed by atoms with E-state index in [9.17, 15) is 0 Å². The van der Waals surface area contributed by atoms with Gasteiger partial charge in [-0.3, -0.25) is 0 Å². The minimum Gasteiger partial charge on any atom is -0.460 e. The molecule has 0 aliphatic carbocycles. The Morgan fingerprint density at radius 1 is 1.13 bits per heavy atom. The van der Waals surface area contributed by atoms with Gasteiger partial charge in [0, 0.05) is 16.1 Å². The summed E-state index contributed by atoms with van der Waals surface area (Å²) < 4.78 is 6.83. The number of halogens is 1. The van der Waals surface area contributed by atoms with Crippen LogP contribution in [-0.4, -0.2) is 9.97 Å². The molecular weight excluding hydrogens is 354 g/mol. The smallest absolute Gasteiger partial charge is 0.138 e. The predicted molar refractivity (Wildman–Crippen MR) is 94.8 cm³/mol. The van der Waals surface area contributed by atoms with Crippen LogP contribution >= 0.6 is 15.9 Å². The number of nitrogens with zero attached hydrogens (tertiary/aromatic N) is 1. The van der Waals surface area contributed by atoms with Gasteiger partial charge in [-0.2, -0.15) is 0 Å². The number of pyridine rings is 1. The minimum atomic E-state index is 0.380. The molecule has 3 aromatic heterocycles. The second-order valence-corrected chi connectivity index (χ2v) is 6.18. The van der Waals surface area contributed by atoms with Crippen LogP contribution in [0.2, 0.25) is 0 Å². The fraction of sp³-hybridized carbons (Fsp3) is 0.0556. The molecule has 1 aromatic carbocycles. The zero-order valence-corrected chi connectivity index (χ0v) is 13.8. The van der Waals surface area contributed by atoms with E-state index in [1.165, 1.54) is 0 Å². The van der Waals surface area contributed by atoms with Gasteiger partial charge < -0.3 is 15.1 Å². The molecule has 0 spiro atoms. The minimum absolute atomic E-state index is 0.380. The first-order chi connectivity index (χ1) is 11.3. The zero-order chi connectivity index (χ0) is 15.8. The normalized spacial score (nSPS) is 11.2. The number of hydrogen-bond acceptors (Lipinski definition) is 3.